The number of rotatable bonds is 10. The fraction of sp³-hybridized carbons (Fsp3) is 0.636. The Morgan fingerprint density at radius 3 is 2.41 bits per heavy atom. The van der Waals surface area contributed by atoms with Gasteiger partial charge in [-0.3, -0.25) is 9.79 Å². The van der Waals surface area contributed by atoms with Gasteiger partial charge >= 0.3 is 5.97 Å². The first kappa shape index (κ1) is 22.8. The van der Waals surface area contributed by atoms with E-state index in [9.17, 15) is 4.79 Å². The van der Waals surface area contributed by atoms with Crippen molar-refractivity contribution in [2.45, 2.75) is 52.0 Å². The Hall–Kier alpha value is -2.44. The number of methoxy groups -OCH3 is 3. The molecule has 1 aromatic carbocycles. The van der Waals surface area contributed by atoms with Crippen molar-refractivity contribution in [1.29, 1.82) is 0 Å². The molecular weight excluding hydrogens is 370 g/mol. The first-order valence-corrected chi connectivity index (χ1v) is 10.5. The number of hydrogen-bond donors (Lipinski definition) is 1. The van der Waals surface area contributed by atoms with Gasteiger partial charge in [-0.15, -0.1) is 0 Å². The molecule has 7 heteroatoms. The summed E-state index contributed by atoms with van der Waals surface area (Å²) in [6.45, 7) is 5.45. The summed E-state index contributed by atoms with van der Waals surface area (Å²) in [5.41, 5.74) is 2.56. The van der Waals surface area contributed by atoms with Crippen molar-refractivity contribution in [3.63, 3.8) is 0 Å². The van der Waals surface area contributed by atoms with Crippen LogP contribution in [0.3, 0.4) is 0 Å². The molecule has 29 heavy (non-hydrogen) atoms. The quantitative estimate of drug-likeness (QED) is 0.279. The van der Waals surface area contributed by atoms with E-state index >= 15 is 0 Å². The lowest BCUT2D eigenvalue weighted by atomic mass is 9.99. The Labute approximate surface area is 174 Å². The number of aliphatic imine (C=N–C) groups is 1. The fourth-order valence-electron chi connectivity index (χ4n) is 3.51. The summed E-state index contributed by atoms with van der Waals surface area (Å²) in [4.78, 5) is 18.2. The Morgan fingerprint density at radius 2 is 1.76 bits per heavy atom. The second-order valence-corrected chi connectivity index (χ2v) is 7.12. The van der Waals surface area contributed by atoms with Crippen molar-refractivity contribution in [3.8, 4) is 11.5 Å². The predicted octanol–water partition coefficient (Wildman–Crippen LogP) is 3.15. The van der Waals surface area contributed by atoms with E-state index in [1.165, 1.54) is 18.2 Å². The largest absolute Gasteiger partial charge is 0.493 e. The highest BCUT2D eigenvalue weighted by Gasteiger charge is 2.21. The van der Waals surface area contributed by atoms with Gasteiger partial charge in [-0.2, -0.15) is 0 Å². The number of carbonyl (C=O) groups excluding carboxylic acids is 1. The summed E-state index contributed by atoms with van der Waals surface area (Å²) in [6.07, 6.45) is 5.45. The van der Waals surface area contributed by atoms with Crippen LogP contribution in [0.15, 0.2) is 17.1 Å². The molecule has 0 amide bonds. The van der Waals surface area contributed by atoms with Gasteiger partial charge < -0.3 is 24.4 Å². The molecule has 0 unspecified atom stereocenters. The lowest BCUT2D eigenvalue weighted by Crippen LogP contribution is -2.44. The number of guanidine groups is 1. The molecule has 1 N–H and O–H groups in total. The number of carbonyl (C=O) groups is 1. The molecule has 0 radical (unpaired) electrons. The molecule has 0 saturated carbocycles. The zero-order valence-electron chi connectivity index (χ0n) is 18.3. The van der Waals surface area contributed by atoms with Gasteiger partial charge in [-0.1, -0.05) is 12.8 Å². The Bertz CT molecular complexity index is 691. The van der Waals surface area contributed by atoms with Crippen LogP contribution >= 0.6 is 0 Å². The molecule has 1 aromatic rings. The lowest BCUT2D eigenvalue weighted by molar-refractivity contribution is -0.140. The van der Waals surface area contributed by atoms with E-state index in [1.54, 1.807) is 14.2 Å². The van der Waals surface area contributed by atoms with Crippen LogP contribution in [0, 0.1) is 0 Å². The predicted molar refractivity (Wildman–Crippen MR) is 115 cm³/mol. The molecular formula is C22H35N3O4. The van der Waals surface area contributed by atoms with E-state index in [1.807, 2.05) is 0 Å². The van der Waals surface area contributed by atoms with Gasteiger partial charge in [0, 0.05) is 32.6 Å². The third-order valence-electron chi connectivity index (χ3n) is 5.13. The minimum atomic E-state index is -0.128. The Morgan fingerprint density at radius 1 is 1.07 bits per heavy atom. The monoisotopic (exact) mass is 405 g/mol. The van der Waals surface area contributed by atoms with Crippen LogP contribution in [0.5, 0.6) is 11.5 Å². The van der Waals surface area contributed by atoms with Crippen molar-refractivity contribution in [2.24, 2.45) is 4.99 Å². The van der Waals surface area contributed by atoms with Crippen LogP contribution in [0.2, 0.25) is 0 Å². The number of unbranched alkanes of at least 4 members (excludes halogenated alkanes) is 3. The molecule has 7 nitrogen and oxygen atoms in total. The summed E-state index contributed by atoms with van der Waals surface area (Å²) in [6, 6.07) is 4.16. The molecule has 1 aliphatic rings. The Kier molecular flexibility index (Phi) is 9.60. The van der Waals surface area contributed by atoms with Gasteiger partial charge in [-0.05, 0) is 49.4 Å². The average Bonchev–Trinajstić information content (AvgIpc) is 2.75. The van der Waals surface area contributed by atoms with Gasteiger partial charge in [0.1, 0.15) is 0 Å². The molecule has 0 bridgehead atoms. The van der Waals surface area contributed by atoms with Crippen molar-refractivity contribution in [3.05, 3.63) is 23.3 Å². The van der Waals surface area contributed by atoms with Gasteiger partial charge in [0.25, 0.3) is 0 Å². The maximum Gasteiger partial charge on any atom is 0.305 e. The van der Waals surface area contributed by atoms with Crippen LogP contribution in [0.4, 0.5) is 0 Å². The molecule has 2 rings (SSSR count). The third kappa shape index (κ3) is 6.84. The molecule has 162 valence electrons. The molecule has 1 heterocycles. The summed E-state index contributed by atoms with van der Waals surface area (Å²) in [5.74, 6) is 2.38. The van der Waals surface area contributed by atoms with E-state index in [0.717, 1.165) is 75.7 Å². The normalized spacial score (nSPS) is 13.7. The van der Waals surface area contributed by atoms with Gasteiger partial charge in [0.05, 0.1) is 21.3 Å². The zero-order valence-corrected chi connectivity index (χ0v) is 18.3. The molecule has 0 aromatic heterocycles. The smallest absolute Gasteiger partial charge is 0.305 e. The number of fused-ring (bicyclic) bond motifs is 1. The van der Waals surface area contributed by atoms with Crippen LogP contribution < -0.4 is 14.8 Å². The van der Waals surface area contributed by atoms with Crippen LogP contribution in [-0.2, 0) is 22.5 Å². The van der Waals surface area contributed by atoms with E-state index in [4.69, 9.17) is 14.5 Å². The lowest BCUT2D eigenvalue weighted by Gasteiger charge is -2.32. The van der Waals surface area contributed by atoms with E-state index in [-0.39, 0.29) is 5.97 Å². The highest BCUT2D eigenvalue weighted by atomic mass is 16.5. The molecule has 0 saturated heterocycles. The number of ether oxygens (including phenoxy) is 3. The first-order valence-electron chi connectivity index (χ1n) is 10.5. The first-order chi connectivity index (χ1) is 14.1. The fourth-order valence-corrected chi connectivity index (χ4v) is 3.51. The number of nitrogens with zero attached hydrogens (tertiary/aromatic N) is 2. The average molecular weight is 406 g/mol. The number of benzene rings is 1. The molecule has 0 fully saturated rings. The van der Waals surface area contributed by atoms with Crippen LogP contribution in [0.25, 0.3) is 0 Å². The van der Waals surface area contributed by atoms with Gasteiger partial charge in [-0.25, -0.2) is 0 Å². The summed E-state index contributed by atoms with van der Waals surface area (Å²) in [5, 5.41) is 3.42. The maximum atomic E-state index is 11.1. The molecule has 0 aliphatic carbocycles. The van der Waals surface area contributed by atoms with Crippen molar-refractivity contribution in [2.75, 3.05) is 41.0 Å². The van der Waals surface area contributed by atoms with Gasteiger partial charge in [0.15, 0.2) is 17.5 Å². The summed E-state index contributed by atoms with van der Waals surface area (Å²) >= 11 is 0. The van der Waals surface area contributed by atoms with Crippen molar-refractivity contribution in [1.82, 2.24) is 10.2 Å². The highest BCUT2D eigenvalue weighted by Crippen LogP contribution is 2.33. The number of nitrogens with one attached hydrogen (secondary N) is 1. The molecule has 1 aliphatic heterocycles. The molecule has 0 atom stereocenters. The maximum absolute atomic E-state index is 11.1. The van der Waals surface area contributed by atoms with E-state index < -0.39 is 0 Å². The van der Waals surface area contributed by atoms with Crippen LogP contribution in [-0.4, -0.2) is 57.8 Å². The summed E-state index contributed by atoms with van der Waals surface area (Å²) in [7, 11) is 4.77. The number of esters is 1. The number of hydrogen-bond acceptors (Lipinski definition) is 5. The second-order valence-electron chi connectivity index (χ2n) is 7.12. The second kappa shape index (κ2) is 12.2. The Balaban J connectivity index is 1.90. The van der Waals surface area contributed by atoms with E-state index in [0.29, 0.717) is 6.42 Å². The van der Waals surface area contributed by atoms with E-state index in [2.05, 4.69) is 34.0 Å². The van der Waals surface area contributed by atoms with Crippen molar-refractivity contribution >= 4 is 11.9 Å². The summed E-state index contributed by atoms with van der Waals surface area (Å²) < 4.78 is 15.6. The third-order valence-corrected chi connectivity index (χ3v) is 5.13. The van der Waals surface area contributed by atoms with Gasteiger partial charge in [0.2, 0.25) is 0 Å². The van der Waals surface area contributed by atoms with Crippen molar-refractivity contribution < 1.29 is 19.0 Å². The topological polar surface area (TPSA) is 72.4 Å². The minimum Gasteiger partial charge on any atom is -0.493 e. The SMILES string of the molecule is CCNC(=NCCCCCCC(=O)OC)N1CCc2cc(OC)c(OC)cc2C1. The van der Waals surface area contributed by atoms with Crippen LogP contribution in [0.1, 0.15) is 50.2 Å². The zero-order chi connectivity index (χ0) is 21.1. The highest BCUT2D eigenvalue weighted by molar-refractivity contribution is 5.80. The standard InChI is InChI=1S/C22H35N3O4/c1-5-23-22(24-12-9-7-6-8-10-21(26)29-4)25-13-11-17-14-19(27-2)20(28-3)15-18(17)16-25/h14-15H,5-13,16H2,1-4H3,(H,23,24). The minimum absolute atomic E-state index is 0.128. The molecule has 0 spiro atoms.